The van der Waals surface area contributed by atoms with E-state index in [1.165, 1.54) is 12.8 Å². The molecule has 2 unspecified atom stereocenters. The maximum atomic E-state index is 12.4. The molecule has 1 aromatic carbocycles. The fourth-order valence-corrected chi connectivity index (χ4v) is 3.73. The number of hydrogen-bond acceptors (Lipinski definition) is 4. The van der Waals surface area contributed by atoms with Gasteiger partial charge in [-0.25, -0.2) is 0 Å². The maximum absolute atomic E-state index is 12.4. The quantitative estimate of drug-likeness (QED) is 0.830. The molecule has 5 heteroatoms. The second kappa shape index (κ2) is 8.56. The van der Waals surface area contributed by atoms with Crippen molar-refractivity contribution in [1.82, 2.24) is 10.6 Å². The molecular formula is C20H30N2O3. The van der Waals surface area contributed by atoms with Crippen LogP contribution in [0.5, 0.6) is 11.5 Å². The van der Waals surface area contributed by atoms with E-state index in [0.717, 1.165) is 55.8 Å². The van der Waals surface area contributed by atoms with Gasteiger partial charge in [0.05, 0.1) is 25.2 Å². The third kappa shape index (κ3) is 4.66. The van der Waals surface area contributed by atoms with Crippen LogP contribution < -0.4 is 20.1 Å². The summed E-state index contributed by atoms with van der Waals surface area (Å²) in [6.45, 7) is 3.80. The maximum Gasteiger partial charge on any atom is 0.224 e. The van der Waals surface area contributed by atoms with Crippen LogP contribution in [-0.2, 0) is 4.79 Å². The van der Waals surface area contributed by atoms with Crippen molar-refractivity contribution < 1.29 is 14.3 Å². The van der Waals surface area contributed by atoms with Gasteiger partial charge in [-0.05, 0) is 69.7 Å². The summed E-state index contributed by atoms with van der Waals surface area (Å²) in [6.07, 6.45) is 7.04. The largest absolute Gasteiger partial charge is 0.493 e. The molecular weight excluding hydrogens is 316 g/mol. The molecule has 2 atom stereocenters. The van der Waals surface area contributed by atoms with Gasteiger partial charge in [0.15, 0.2) is 11.5 Å². The van der Waals surface area contributed by atoms with Gasteiger partial charge in [0, 0.05) is 6.54 Å². The lowest BCUT2D eigenvalue weighted by Crippen LogP contribution is -2.41. The number of benzene rings is 1. The van der Waals surface area contributed by atoms with Crippen molar-refractivity contribution in [3.63, 3.8) is 0 Å². The Morgan fingerprint density at radius 1 is 1.20 bits per heavy atom. The van der Waals surface area contributed by atoms with E-state index in [9.17, 15) is 4.79 Å². The van der Waals surface area contributed by atoms with Gasteiger partial charge < -0.3 is 20.1 Å². The van der Waals surface area contributed by atoms with E-state index in [-0.39, 0.29) is 17.9 Å². The van der Waals surface area contributed by atoms with Crippen LogP contribution in [-0.4, -0.2) is 32.2 Å². The van der Waals surface area contributed by atoms with E-state index in [2.05, 4.69) is 10.6 Å². The summed E-state index contributed by atoms with van der Waals surface area (Å²) >= 11 is 0. The predicted octanol–water partition coefficient (Wildman–Crippen LogP) is 3.19. The number of ether oxygens (including phenoxy) is 2. The monoisotopic (exact) mass is 346 g/mol. The molecule has 1 aromatic rings. The minimum Gasteiger partial charge on any atom is -0.493 e. The Kier molecular flexibility index (Phi) is 6.19. The molecule has 1 saturated carbocycles. The molecule has 2 fully saturated rings. The second-order valence-corrected chi connectivity index (χ2v) is 7.21. The first-order valence-corrected chi connectivity index (χ1v) is 9.53. The summed E-state index contributed by atoms with van der Waals surface area (Å²) in [6, 6.07) is 5.92. The highest BCUT2D eigenvalue weighted by molar-refractivity contribution is 5.79. The van der Waals surface area contributed by atoms with Crippen molar-refractivity contribution in [2.75, 3.05) is 20.2 Å². The van der Waals surface area contributed by atoms with Gasteiger partial charge in [0.2, 0.25) is 5.91 Å². The van der Waals surface area contributed by atoms with E-state index < -0.39 is 0 Å². The molecule has 0 aromatic heterocycles. The van der Waals surface area contributed by atoms with Crippen molar-refractivity contribution in [1.29, 1.82) is 0 Å². The van der Waals surface area contributed by atoms with E-state index in [1.54, 1.807) is 7.11 Å². The van der Waals surface area contributed by atoms with Crippen molar-refractivity contribution >= 4 is 5.91 Å². The normalized spacial score (nSPS) is 22.4. The number of carbonyl (C=O) groups excluding carboxylic acids is 1. The number of amides is 1. The lowest BCUT2D eigenvalue weighted by Gasteiger charge is -2.24. The van der Waals surface area contributed by atoms with E-state index in [1.807, 2.05) is 25.1 Å². The lowest BCUT2D eigenvalue weighted by molar-refractivity contribution is -0.126. The third-order valence-electron chi connectivity index (χ3n) is 5.31. The molecule has 1 amide bonds. The van der Waals surface area contributed by atoms with Gasteiger partial charge in [-0.2, -0.15) is 0 Å². The number of methoxy groups -OCH3 is 1. The molecule has 0 spiro atoms. The fourth-order valence-electron chi connectivity index (χ4n) is 3.73. The number of nitrogens with one attached hydrogen (secondary N) is 2. The third-order valence-corrected chi connectivity index (χ3v) is 5.31. The summed E-state index contributed by atoms with van der Waals surface area (Å²) in [5.41, 5.74) is 1.03. The highest BCUT2D eigenvalue weighted by atomic mass is 16.5. The average Bonchev–Trinajstić information content (AvgIpc) is 3.15. The van der Waals surface area contributed by atoms with Crippen molar-refractivity contribution in [3.8, 4) is 11.5 Å². The molecule has 138 valence electrons. The highest BCUT2D eigenvalue weighted by Gasteiger charge is 2.23. The van der Waals surface area contributed by atoms with E-state index in [4.69, 9.17) is 9.47 Å². The summed E-state index contributed by atoms with van der Waals surface area (Å²) in [5.74, 6) is 1.74. The van der Waals surface area contributed by atoms with Crippen LogP contribution in [0, 0.1) is 5.92 Å². The minimum atomic E-state index is -0.0520. The first-order valence-electron chi connectivity index (χ1n) is 9.53. The first kappa shape index (κ1) is 18.1. The number of hydrogen-bond donors (Lipinski definition) is 2. The summed E-state index contributed by atoms with van der Waals surface area (Å²) in [4.78, 5) is 12.4. The Morgan fingerprint density at radius 2 is 2.00 bits per heavy atom. The molecule has 5 nitrogen and oxygen atoms in total. The number of piperidine rings is 1. The topological polar surface area (TPSA) is 59.6 Å². The van der Waals surface area contributed by atoms with Crippen LogP contribution in [0.3, 0.4) is 0 Å². The van der Waals surface area contributed by atoms with Gasteiger partial charge in [-0.1, -0.05) is 6.07 Å². The molecule has 25 heavy (non-hydrogen) atoms. The first-order chi connectivity index (χ1) is 12.2. The van der Waals surface area contributed by atoms with Crippen LogP contribution in [0.25, 0.3) is 0 Å². The average molecular weight is 346 g/mol. The van der Waals surface area contributed by atoms with Crippen LogP contribution in [0.15, 0.2) is 18.2 Å². The zero-order valence-corrected chi connectivity index (χ0v) is 15.3. The molecule has 0 bridgehead atoms. The SMILES string of the molecule is COc1cc(C(C)NC(=O)C2CCCNC2)ccc1OC1CCCC1. The summed E-state index contributed by atoms with van der Waals surface area (Å²) in [7, 11) is 1.66. The zero-order valence-electron chi connectivity index (χ0n) is 15.3. The van der Waals surface area contributed by atoms with Crippen molar-refractivity contribution in [2.45, 2.75) is 57.6 Å². The number of carbonyl (C=O) groups is 1. The summed E-state index contributed by atoms with van der Waals surface area (Å²) in [5, 5.41) is 6.43. The molecule has 1 aliphatic carbocycles. The van der Waals surface area contributed by atoms with Crippen molar-refractivity contribution in [2.24, 2.45) is 5.92 Å². The van der Waals surface area contributed by atoms with Crippen LogP contribution in [0.4, 0.5) is 0 Å². The molecule has 1 saturated heterocycles. The minimum absolute atomic E-state index is 0.0520. The Labute approximate surface area is 150 Å². The van der Waals surface area contributed by atoms with Gasteiger partial charge >= 0.3 is 0 Å². The predicted molar refractivity (Wildman–Crippen MR) is 98.0 cm³/mol. The summed E-state index contributed by atoms with van der Waals surface area (Å²) < 4.78 is 11.6. The smallest absolute Gasteiger partial charge is 0.224 e. The zero-order chi connectivity index (χ0) is 17.6. The van der Waals surface area contributed by atoms with Crippen LogP contribution in [0.1, 0.15) is 57.1 Å². The molecule has 2 N–H and O–H groups in total. The lowest BCUT2D eigenvalue weighted by atomic mass is 9.98. The van der Waals surface area contributed by atoms with Crippen LogP contribution in [0.2, 0.25) is 0 Å². The Hall–Kier alpha value is -1.75. The Bertz CT molecular complexity index is 578. The highest BCUT2D eigenvalue weighted by Crippen LogP contribution is 2.33. The van der Waals surface area contributed by atoms with Crippen molar-refractivity contribution in [3.05, 3.63) is 23.8 Å². The standard InChI is InChI=1S/C20H30N2O3/c1-14(22-20(23)16-6-5-11-21-13-16)15-9-10-18(19(12-15)24-2)25-17-7-3-4-8-17/h9-10,12,14,16-17,21H,3-8,11,13H2,1-2H3,(H,22,23). The van der Waals surface area contributed by atoms with Crippen LogP contribution >= 0.6 is 0 Å². The second-order valence-electron chi connectivity index (χ2n) is 7.21. The molecule has 3 rings (SSSR count). The fraction of sp³-hybridized carbons (Fsp3) is 0.650. The van der Waals surface area contributed by atoms with Gasteiger partial charge in [0.1, 0.15) is 0 Å². The van der Waals surface area contributed by atoms with Gasteiger partial charge in [0.25, 0.3) is 0 Å². The van der Waals surface area contributed by atoms with E-state index in [0.29, 0.717) is 6.10 Å². The van der Waals surface area contributed by atoms with E-state index >= 15 is 0 Å². The van der Waals surface area contributed by atoms with Gasteiger partial charge in [-0.3, -0.25) is 4.79 Å². The number of rotatable bonds is 6. The van der Waals surface area contributed by atoms with Gasteiger partial charge in [-0.15, -0.1) is 0 Å². The molecule has 1 aliphatic heterocycles. The molecule has 0 radical (unpaired) electrons. The Balaban J connectivity index is 1.63. The molecule has 2 aliphatic rings. The molecule has 1 heterocycles. The Morgan fingerprint density at radius 3 is 2.68 bits per heavy atom.